The summed E-state index contributed by atoms with van der Waals surface area (Å²) in [6.45, 7) is 5.80. The van der Waals surface area contributed by atoms with Crippen molar-refractivity contribution in [2.75, 3.05) is 0 Å². The monoisotopic (exact) mass is 136 g/mol. The Morgan fingerprint density at radius 2 is 1.90 bits per heavy atom. The van der Waals surface area contributed by atoms with E-state index in [0.29, 0.717) is 0 Å². The van der Waals surface area contributed by atoms with Gasteiger partial charge in [0.2, 0.25) is 0 Å². The normalized spacial score (nSPS) is 28.3. The minimum absolute atomic E-state index is 0.589. The van der Waals surface area contributed by atoms with Crippen LogP contribution in [0.3, 0.4) is 0 Å². The summed E-state index contributed by atoms with van der Waals surface area (Å²) in [5, 5.41) is 0. The lowest BCUT2D eigenvalue weighted by molar-refractivity contribution is 0.161. The van der Waals surface area contributed by atoms with Crippen LogP contribution in [0.25, 0.3) is 0 Å². The smallest absolute Gasteiger partial charge is 0.137 e. The van der Waals surface area contributed by atoms with Crippen molar-refractivity contribution >= 4 is 7.85 Å². The van der Waals surface area contributed by atoms with E-state index in [9.17, 15) is 0 Å². The van der Waals surface area contributed by atoms with Gasteiger partial charge in [0.25, 0.3) is 0 Å². The average Bonchev–Trinajstić information content (AvgIpc) is 1.92. The van der Waals surface area contributed by atoms with Crippen molar-refractivity contribution in [3.8, 4) is 0 Å². The predicted molar refractivity (Wildman–Crippen MR) is 44.9 cm³/mol. The van der Waals surface area contributed by atoms with Crippen molar-refractivity contribution in [1.29, 1.82) is 0 Å². The van der Waals surface area contributed by atoms with Gasteiger partial charge in [-0.25, -0.2) is 0 Å². The van der Waals surface area contributed by atoms with Crippen LogP contribution in [0.15, 0.2) is 24.5 Å². The molecule has 1 aliphatic heterocycles. The molecule has 0 saturated carbocycles. The fourth-order valence-electron chi connectivity index (χ4n) is 0.517. The fraction of sp³-hybridized carbons (Fsp3) is 0.500. The van der Waals surface area contributed by atoms with E-state index >= 15 is 0 Å². The minimum atomic E-state index is -0.589. The van der Waals surface area contributed by atoms with Crippen molar-refractivity contribution in [3.05, 3.63) is 24.5 Å². The number of hydrogen-bond donors (Lipinski definition) is 0. The van der Waals surface area contributed by atoms with Crippen molar-refractivity contribution < 1.29 is 4.74 Å². The first-order chi connectivity index (χ1) is 4.71. The minimum Gasteiger partial charge on any atom is -0.501 e. The second kappa shape index (κ2) is 4.21. The summed E-state index contributed by atoms with van der Waals surface area (Å²) in [4.78, 5) is 0. The molecule has 1 nitrogen and oxygen atoms in total. The zero-order valence-electron chi connectivity index (χ0n) is 6.79. The van der Waals surface area contributed by atoms with Crippen LogP contribution in [0.1, 0.15) is 20.8 Å². The summed E-state index contributed by atoms with van der Waals surface area (Å²) < 4.78 is 4.98. The Balaban J connectivity index is 0.000000371. The Morgan fingerprint density at radius 3 is 2.10 bits per heavy atom. The van der Waals surface area contributed by atoms with Crippen molar-refractivity contribution in [3.63, 3.8) is 0 Å². The van der Waals surface area contributed by atoms with E-state index in [1.54, 1.807) is 25.3 Å². The molecule has 1 heterocycles. The van der Waals surface area contributed by atoms with Crippen molar-refractivity contribution in [1.82, 2.24) is 0 Å². The molecule has 1 unspecified atom stereocenters. The number of allylic oxidation sites excluding steroid dienone is 2. The van der Waals surface area contributed by atoms with Crippen LogP contribution in [0.4, 0.5) is 0 Å². The molecular weight excluding hydrogens is 123 g/mol. The first-order valence-electron chi connectivity index (χ1n) is 3.52. The summed E-state index contributed by atoms with van der Waals surface area (Å²) in [6, 6.07) is 0. The van der Waals surface area contributed by atoms with E-state index < -0.39 is 5.50 Å². The largest absolute Gasteiger partial charge is 0.501 e. The summed E-state index contributed by atoms with van der Waals surface area (Å²) in [6.07, 6.45) is 7.05. The molecule has 0 aromatic heterocycles. The molecule has 10 heavy (non-hydrogen) atoms. The molecule has 0 N–H and O–H groups in total. The van der Waals surface area contributed by atoms with Gasteiger partial charge in [-0.3, -0.25) is 0 Å². The lowest BCUT2D eigenvalue weighted by atomic mass is 9.82. The Kier molecular flexibility index (Phi) is 3.93. The second-order valence-electron chi connectivity index (χ2n) is 1.99. The van der Waals surface area contributed by atoms with Gasteiger partial charge in [0.05, 0.1) is 11.8 Å². The van der Waals surface area contributed by atoms with Gasteiger partial charge in [-0.1, -0.05) is 26.0 Å². The van der Waals surface area contributed by atoms with Crippen molar-refractivity contribution in [2.45, 2.75) is 26.3 Å². The highest BCUT2D eigenvalue weighted by Gasteiger charge is 2.12. The maximum absolute atomic E-state index is 5.52. The summed E-state index contributed by atoms with van der Waals surface area (Å²) >= 11 is 0. The molecule has 0 aromatic rings. The summed E-state index contributed by atoms with van der Waals surface area (Å²) in [7, 11) is 5.52. The molecule has 1 rings (SSSR count). The highest BCUT2D eigenvalue weighted by atomic mass is 16.5. The Labute approximate surface area is 64.2 Å². The van der Waals surface area contributed by atoms with Gasteiger partial charge in [0.1, 0.15) is 7.85 Å². The molecule has 0 spiro atoms. The summed E-state index contributed by atoms with van der Waals surface area (Å²) in [5.74, 6) is 0. The number of ether oxygens (including phenoxy) is 1. The van der Waals surface area contributed by atoms with E-state index in [0.717, 1.165) is 0 Å². The van der Waals surface area contributed by atoms with Gasteiger partial charge in [-0.2, -0.15) is 0 Å². The maximum Gasteiger partial charge on any atom is 0.137 e. The molecule has 0 fully saturated rings. The van der Waals surface area contributed by atoms with Gasteiger partial charge in [0.15, 0.2) is 0 Å². The summed E-state index contributed by atoms with van der Waals surface area (Å²) in [5.41, 5.74) is -0.589. The van der Waals surface area contributed by atoms with E-state index in [4.69, 9.17) is 12.6 Å². The third-order valence-electron chi connectivity index (χ3n) is 0.939. The highest BCUT2D eigenvalue weighted by Crippen LogP contribution is 2.10. The average molecular weight is 136 g/mol. The first kappa shape index (κ1) is 9.34. The quantitative estimate of drug-likeness (QED) is 0.462. The van der Waals surface area contributed by atoms with E-state index in [-0.39, 0.29) is 0 Å². The predicted octanol–water partition coefficient (Wildman–Crippen LogP) is 2.00. The van der Waals surface area contributed by atoms with Crippen LogP contribution in [-0.2, 0) is 4.74 Å². The van der Waals surface area contributed by atoms with Gasteiger partial charge in [0, 0.05) is 0 Å². The molecule has 1 aliphatic rings. The third kappa shape index (κ3) is 3.39. The molecule has 54 valence electrons. The van der Waals surface area contributed by atoms with Crippen LogP contribution < -0.4 is 0 Å². The standard InChI is InChI=1S/C6H7BO.C2H6/c1-6(7)4-2-3-5-8-6;1-2/h2-5H,1H3;1-2H3. The first-order valence-corrected chi connectivity index (χ1v) is 3.52. The molecular formula is C8H13BO. The molecule has 2 radical (unpaired) electrons. The lowest BCUT2D eigenvalue weighted by Gasteiger charge is -2.22. The van der Waals surface area contributed by atoms with Gasteiger partial charge in [-0.05, 0) is 13.0 Å². The number of rotatable bonds is 0. The second-order valence-corrected chi connectivity index (χ2v) is 1.99. The van der Waals surface area contributed by atoms with Crippen LogP contribution in [0, 0.1) is 0 Å². The highest BCUT2D eigenvalue weighted by molar-refractivity contribution is 6.15. The molecule has 0 amide bonds. The third-order valence-corrected chi connectivity index (χ3v) is 0.939. The van der Waals surface area contributed by atoms with E-state index in [2.05, 4.69) is 0 Å². The molecule has 0 aromatic carbocycles. The molecule has 1 atom stereocenters. The molecule has 0 aliphatic carbocycles. The van der Waals surface area contributed by atoms with Crippen molar-refractivity contribution in [2.24, 2.45) is 0 Å². The zero-order valence-corrected chi connectivity index (χ0v) is 6.79. The Hall–Kier alpha value is -0.655. The van der Waals surface area contributed by atoms with Crippen LogP contribution in [-0.4, -0.2) is 13.3 Å². The van der Waals surface area contributed by atoms with Gasteiger partial charge >= 0.3 is 0 Å². The lowest BCUT2D eigenvalue weighted by Crippen LogP contribution is -2.24. The van der Waals surface area contributed by atoms with Crippen LogP contribution in [0.2, 0.25) is 0 Å². The zero-order chi connectivity index (χ0) is 8.04. The van der Waals surface area contributed by atoms with Crippen LogP contribution in [0.5, 0.6) is 0 Å². The van der Waals surface area contributed by atoms with E-state index in [1.807, 2.05) is 19.9 Å². The Bertz CT molecular complexity index is 136. The Morgan fingerprint density at radius 1 is 1.30 bits per heavy atom. The van der Waals surface area contributed by atoms with Gasteiger partial charge in [-0.15, -0.1) is 0 Å². The van der Waals surface area contributed by atoms with Gasteiger partial charge < -0.3 is 4.74 Å². The molecule has 0 bridgehead atoms. The number of hydrogen-bond acceptors (Lipinski definition) is 1. The van der Waals surface area contributed by atoms with Crippen LogP contribution >= 0.6 is 0 Å². The maximum atomic E-state index is 5.52. The molecule has 2 heteroatoms. The molecule has 0 saturated heterocycles. The topological polar surface area (TPSA) is 9.23 Å². The fourth-order valence-corrected chi connectivity index (χ4v) is 0.517. The van der Waals surface area contributed by atoms with E-state index in [1.165, 1.54) is 0 Å². The SMILES string of the molecule is CC.[B]C1(C)C=CC=CO1.